The lowest BCUT2D eigenvalue weighted by molar-refractivity contribution is -0.386. The van der Waals surface area contributed by atoms with Crippen LogP contribution < -0.4 is 0 Å². The van der Waals surface area contributed by atoms with E-state index in [1.165, 1.54) is 18.5 Å². The van der Waals surface area contributed by atoms with Crippen LogP contribution in [-0.2, 0) is 16.1 Å². The summed E-state index contributed by atoms with van der Waals surface area (Å²) in [6, 6.07) is 3.13. The number of carbonyl (C=O) groups is 2. The third-order valence-corrected chi connectivity index (χ3v) is 4.29. The number of esters is 1. The molecule has 0 aromatic carbocycles. The van der Waals surface area contributed by atoms with Gasteiger partial charge in [-0.1, -0.05) is 11.6 Å². The normalized spacial score (nSPS) is 10.6. The summed E-state index contributed by atoms with van der Waals surface area (Å²) in [7, 11) is 0. The first-order chi connectivity index (χ1) is 10.8. The molecule has 0 unspecified atom stereocenters. The Bertz CT molecular complexity index is 783. The Morgan fingerprint density at radius 2 is 2.13 bits per heavy atom. The number of Topliss-reactive ketones (excluding diaryl/α,β-unsaturated/α-hetero) is 1. The molecule has 0 atom stereocenters. The van der Waals surface area contributed by atoms with Crippen molar-refractivity contribution >= 4 is 40.4 Å². The lowest BCUT2D eigenvalue weighted by Gasteiger charge is -2.04. The number of thiophene rings is 1. The number of halogens is 1. The van der Waals surface area contributed by atoms with Crippen LogP contribution in [0.5, 0.6) is 0 Å². The van der Waals surface area contributed by atoms with E-state index in [2.05, 4.69) is 5.10 Å². The van der Waals surface area contributed by atoms with E-state index < -0.39 is 17.5 Å². The van der Waals surface area contributed by atoms with Gasteiger partial charge in [0.1, 0.15) is 17.9 Å². The van der Waals surface area contributed by atoms with Crippen LogP contribution in [-0.4, -0.2) is 33.1 Å². The summed E-state index contributed by atoms with van der Waals surface area (Å²) in [6.45, 7) is 2.25. The molecule has 0 N–H and O–H groups in total. The first-order valence-corrected chi connectivity index (χ1v) is 7.61. The van der Waals surface area contributed by atoms with Crippen molar-refractivity contribution in [2.24, 2.45) is 0 Å². The van der Waals surface area contributed by atoms with Gasteiger partial charge >= 0.3 is 11.7 Å². The zero-order chi connectivity index (χ0) is 17.1. The molecule has 8 nitrogen and oxygen atoms in total. The maximum Gasteiger partial charge on any atom is 0.328 e. The summed E-state index contributed by atoms with van der Waals surface area (Å²) in [5, 5.41) is 14.8. The van der Waals surface area contributed by atoms with E-state index >= 15 is 0 Å². The molecule has 0 aliphatic rings. The molecule has 2 rings (SSSR count). The molecule has 2 aromatic rings. The lowest BCUT2D eigenvalue weighted by atomic mass is 10.3. The Labute approximate surface area is 139 Å². The van der Waals surface area contributed by atoms with Crippen LogP contribution in [0.25, 0.3) is 0 Å². The number of hydrogen-bond acceptors (Lipinski definition) is 7. The predicted octanol–water partition coefficient (Wildman–Crippen LogP) is 2.55. The minimum absolute atomic E-state index is 0.137. The number of carbonyl (C=O) groups excluding carboxylic acids is 2. The number of nitrogens with zero attached hydrogens (tertiary/aromatic N) is 3. The van der Waals surface area contributed by atoms with Crippen molar-refractivity contribution in [2.45, 2.75) is 20.4 Å². The zero-order valence-corrected chi connectivity index (χ0v) is 13.8. The molecule has 2 aromatic heterocycles. The van der Waals surface area contributed by atoms with E-state index in [-0.39, 0.29) is 29.4 Å². The fourth-order valence-electron chi connectivity index (χ4n) is 1.95. The molecule has 2 heterocycles. The quantitative estimate of drug-likeness (QED) is 0.340. The fourth-order valence-corrected chi connectivity index (χ4v) is 2.92. The maximum absolute atomic E-state index is 11.8. The number of aryl methyl sites for hydroxylation is 1. The molecule has 10 heteroatoms. The van der Waals surface area contributed by atoms with Gasteiger partial charge in [-0.05, 0) is 26.0 Å². The average Bonchev–Trinajstić information content (AvgIpc) is 3.00. The van der Waals surface area contributed by atoms with Crippen LogP contribution in [0.4, 0.5) is 5.69 Å². The van der Waals surface area contributed by atoms with E-state index in [4.69, 9.17) is 16.3 Å². The summed E-state index contributed by atoms with van der Waals surface area (Å²) >= 11 is 6.82. The standard InChI is InChI=1S/C13H12ClN3O5S/c1-7-13(17(20)21)8(2)16(15-7)5-12(19)22-6-9(18)10-3-4-11(14)23-10/h3-4H,5-6H2,1-2H3. The number of aromatic nitrogens is 2. The van der Waals surface area contributed by atoms with Crippen molar-refractivity contribution in [3.05, 3.63) is 42.8 Å². The summed E-state index contributed by atoms with van der Waals surface area (Å²) in [4.78, 5) is 34.3. The van der Waals surface area contributed by atoms with Crippen molar-refractivity contribution in [1.29, 1.82) is 0 Å². The molecule has 0 saturated carbocycles. The van der Waals surface area contributed by atoms with Gasteiger partial charge in [0.25, 0.3) is 0 Å². The van der Waals surface area contributed by atoms with Gasteiger partial charge in [-0.2, -0.15) is 5.10 Å². The third-order valence-electron chi connectivity index (χ3n) is 3.02. The van der Waals surface area contributed by atoms with Crippen LogP contribution in [0.15, 0.2) is 12.1 Å². The van der Waals surface area contributed by atoms with Crippen LogP contribution in [0, 0.1) is 24.0 Å². The van der Waals surface area contributed by atoms with Crippen molar-refractivity contribution in [2.75, 3.05) is 6.61 Å². The second kappa shape index (κ2) is 6.88. The lowest BCUT2D eigenvalue weighted by Crippen LogP contribution is -2.19. The van der Waals surface area contributed by atoms with E-state index in [1.807, 2.05) is 0 Å². The molecule has 0 amide bonds. The second-order valence-corrected chi connectivity index (χ2v) is 6.34. The Morgan fingerprint density at radius 1 is 1.43 bits per heavy atom. The molecular formula is C13H12ClN3O5S. The van der Waals surface area contributed by atoms with E-state index in [9.17, 15) is 19.7 Å². The number of hydrogen-bond donors (Lipinski definition) is 0. The van der Waals surface area contributed by atoms with Crippen molar-refractivity contribution in [1.82, 2.24) is 9.78 Å². The second-order valence-electron chi connectivity index (χ2n) is 4.62. The zero-order valence-electron chi connectivity index (χ0n) is 12.2. The molecule has 0 saturated heterocycles. The fraction of sp³-hybridized carbons (Fsp3) is 0.308. The van der Waals surface area contributed by atoms with E-state index in [0.29, 0.717) is 9.21 Å². The van der Waals surface area contributed by atoms with Crippen molar-refractivity contribution in [3.63, 3.8) is 0 Å². The van der Waals surface area contributed by atoms with Gasteiger partial charge in [0.15, 0.2) is 6.61 Å². The van der Waals surface area contributed by atoms with Crippen molar-refractivity contribution in [3.8, 4) is 0 Å². The topological polar surface area (TPSA) is 104 Å². The number of ketones is 1. The molecule has 122 valence electrons. The Kier molecular flexibility index (Phi) is 5.12. The molecule has 23 heavy (non-hydrogen) atoms. The number of rotatable bonds is 6. The van der Waals surface area contributed by atoms with Crippen LogP contribution in [0.2, 0.25) is 4.34 Å². The van der Waals surface area contributed by atoms with E-state index in [1.54, 1.807) is 12.1 Å². The summed E-state index contributed by atoms with van der Waals surface area (Å²) in [5.74, 6) is -1.07. The largest absolute Gasteiger partial charge is 0.456 e. The summed E-state index contributed by atoms with van der Waals surface area (Å²) in [5.41, 5.74) is 0.326. The molecular weight excluding hydrogens is 346 g/mol. The molecule has 0 fully saturated rings. The SMILES string of the molecule is Cc1nn(CC(=O)OCC(=O)c2ccc(Cl)s2)c(C)c1[N+](=O)[O-]. The third kappa shape index (κ3) is 3.93. The van der Waals surface area contributed by atoms with Crippen LogP contribution in [0.3, 0.4) is 0 Å². The Hall–Kier alpha value is -2.26. The molecule has 0 spiro atoms. The Balaban J connectivity index is 1.96. The highest BCUT2D eigenvalue weighted by molar-refractivity contribution is 7.18. The minimum Gasteiger partial charge on any atom is -0.456 e. The van der Waals surface area contributed by atoms with Crippen LogP contribution >= 0.6 is 22.9 Å². The van der Waals surface area contributed by atoms with Gasteiger partial charge < -0.3 is 4.74 Å². The summed E-state index contributed by atoms with van der Waals surface area (Å²) in [6.07, 6.45) is 0. The van der Waals surface area contributed by atoms with Gasteiger partial charge in [0.05, 0.1) is 14.1 Å². The molecule has 0 radical (unpaired) electrons. The van der Waals surface area contributed by atoms with Gasteiger partial charge in [0, 0.05) is 0 Å². The monoisotopic (exact) mass is 357 g/mol. The van der Waals surface area contributed by atoms with Crippen LogP contribution in [0.1, 0.15) is 21.1 Å². The number of nitro groups is 1. The van der Waals surface area contributed by atoms with Gasteiger partial charge in [-0.25, -0.2) is 0 Å². The highest BCUT2D eigenvalue weighted by atomic mass is 35.5. The molecule has 0 aliphatic heterocycles. The maximum atomic E-state index is 11.8. The Morgan fingerprint density at radius 3 is 2.65 bits per heavy atom. The first kappa shape index (κ1) is 17.1. The highest BCUT2D eigenvalue weighted by Crippen LogP contribution is 2.22. The van der Waals surface area contributed by atoms with Gasteiger partial charge in [-0.15, -0.1) is 11.3 Å². The smallest absolute Gasteiger partial charge is 0.328 e. The van der Waals surface area contributed by atoms with Crippen molar-refractivity contribution < 1.29 is 19.2 Å². The number of ether oxygens (including phenoxy) is 1. The highest BCUT2D eigenvalue weighted by Gasteiger charge is 2.23. The van der Waals surface area contributed by atoms with Gasteiger partial charge in [0.2, 0.25) is 5.78 Å². The van der Waals surface area contributed by atoms with Gasteiger partial charge in [-0.3, -0.25) is 24.4 Å². The predicted molar refractivity (Wildman–Crippen MR) is 83.0 cm³/mol. The minimum atomic E-state index is -0.707. The molecule has 0 aliphatic carbocycles. The summed E-state index contributed by atoms with van der Waals surface area (Å²) < 4.78 is 6.53. The average molecular weight is 358 g/mol. The first-order valence-electron chi connectivity index (χ1n) is 6.42. The van der Waals surface area contributed by atoms with E-state index in [0.717, 1.165) is 11.3 Å². The molecule has 0 bridgehead atoms.